The Morgan fingerprint density at radius 2 is 1.76 bits per heavy atom. The number of nitrogens with one attached hydrogen (secondary N) is 1. The van der Waals surface area contributed by atoms with Crippen molar-refractivity contribution in [3.63, 3.8) is 0 Å². The predicted molar refractivity (Wildman–Crippen MR) is 123 cm³/mol. The maximum atomic E-state index is 13.2. The van der Waals surface area contributed by atoms with Crippen LogP contribution in [0.25, 0.3) is 0 Å². The summed E-state index contributed by atoms with van der Waals surface area (Å²) in [6.45, 7) is -0.114. The Bertz CT molecular complexity index is 1100. The lowest BCUT2D eigenvalue weighted by molar-refractivity contribution is -0.130. The van der Waals surface area contributed by atoms with Crippen molar-refractivity contribution in [1.82, 2.24) is 19.8 Å². The Labute approximate surface area is 192 Å². The summed E-state index contributed by atoms with van der Waals surface area (Å²) >= 11 is 0. The van der Waals surface area contributed by atoms with Gasteiger partial charge in [0.15, 0.2) is 6.61 Å². The Balaban J connectivity index is 1.89. The number of carbonyl (C=O) groups is 2. The molecule has 2 amide bonds. The van der Waals surface area contributed by atoms with Crippen LogP contribution in [-0.4, -0.2) is 61.2 Å². The number of rotatable bonds is 9. The van der Waals surface area contributed by atoms with Crippen molar-refractivity contribution in [3.8, 4) is 17.2 Å². The van der Waals surface area contributed by atoms with Gasteiger partial charge in [-0.05, 0) is 35.9 Å². The number of hydrogen-bond acceptors (Lipinski definition) is 6. The van der Waals surface area contributed by atoms with Crippen LogP contribution in [0.2, 0.25) is 0 Å². The van der Waals surface area contributed by atoms with Crippen molar-refractivity contribution in [3.05, 3.63) is 71.8 Å². The molecule has 1 heterocycles. The van der Waals surface area contributed by atoms with Gasteiger partial charge in [-0.1, -0.05) is 6.07 Å². The second kappa shape index (κ2) is 10.5. The molecule has 9 heteroatoms. The van der Waals surface area contributed by atoms with Gasteiger partial charge in [-0.2, -0.15) is 0 Å². The minimum absolute atomic E-state index is 0.114. The van der Waals surface area contributed by atoms with Crippen LogP contribution in [0, 0.1) is 0 Å². The van der Waals surface area contributed by atoms with Crippen molar-refractivity contribution in [1.29, 1.82) is 0 Å². The number of likely N-dealkylation sites (N-methyl/N-ethyl adjacent to an activating group) is 1. The minimum atomic E-state index is -0.568. The maximum absolute atomic E-state index is 13.2. The molecule has 1 N–H and O–H groups in total. The topological polar surface area (TPSA) is 94.9 Å². The molecule has 33 heavy (non-hydrogen) atoms. The summed E-state index contributed by atoms with van der Waals surface area (Å²) in [7, 11) is 8.30. The fourth-order valence-corrected chi connectivity index (χ4v) is 3.16. The van der Waals surface area contributed by atoms with E-state index in [0.717, 1.165) is 5.56 Å². The molecule has 9 nitrogen and oxygen atoms in total. The molecule has 174 valence electrons. The lowest BCUT2D eigenvalue weighted by atomic mass is 10.0. The van der Waals surface area contributed by atoms with Crippen LogP contribution in [0.5, 0.6) is 17.2 Å². The van der Waals surface area contributed by atoms with Gasteiger partial charge >= 0.3 is 0 Å². The molecule has 0 saturated heterocycles. The lowest BCUT2D eigenvalue weighted by Crippen LogP contribution is -2.31. The first-order chi connectivity index (χ1) is 15.8. The van der Waals surface area contributed by atoms with Crippen LogP contribution in [0.4, 0.5) is 0 Å². The normalized spacial score (nSPS) is 11.4. The van der Waals surface area contributed by atoms with Crippen LogP contribution in [0.1, 0.15) is 27.8 Å². The van der Waals surface area contributed by atoms with Crippen LogP contribution in [-0.2, 0) is 11.8 Å². The Morgan fingerprint density at radius 1 is 1.06 bits per heavy atom. The highest BCUT2D eigenvalue weighted by Crippen LogP contribution is 2.30. The van der Waals surface area contributed by atoms with Gasteiger partial charge in [0, 0.05) is 45.2 Å². The van der Waals surface area contributed by atoms with Gasteiger partial charge in [-0.15, -0.1) is 0 Å². The smallest absolute Gasteiger partial charge is 0.259 e. The van der Waals surface area contributed by atoms with E-state index in [1.807, 2.05) is 29.9 Å². The summed E-state index contributed by atoms with van der Waals surface area (Å²) in [5.74, 6) is 1.76. The molecule has 3 aromatic rings. The van der Waals surface area contributed by atoms with E-state index in [1.165, 1.54) is 4.90 Å². The number of aromatic nitrogens is 2. The molecular weight excluding hydrogens is 424 g/mol. The summed E-state index contributed by atoms with van der Waals surface area (Å²) in [6, 6.07) is 11.5. The standard InChI is InChI=1S/C24H28N4O5/c1-27(2)21(29)15-33-18-8-6-7-16(11-18)24(30)26-22(23-25-9-10-28(23)3)17-12-19(31-4)14-20(13-17)32-5/h6-14,22H,15H2,1-5H3,(H,26,30). The molecular formula is C24H28N4O5. The van der Waals surface area contributed by atoms with Crippen molar-refractivity contribution in [2.75, 3.05) is 34.9 Å². The predicted octanol–water partition coefficient (Wildman–Crippen LogP) is 2.42. The largest absolute Gasteiger partial charge is 0.497 e. The number of ether oxygens (including phenoxy) is 3. The van der Waals surface area contributed by atoms with Crippen molar-refractivity contribution in [2.24, 2.45) is 7.05 Å². The summed E-state index contributed by atoms with van der Waals surface area (Å²) in [5.41, 5.74) is 1.14. The molecule has 1 aromatic heterocycles. The number of amides is 2. The van der Waals surface area contributed by atoms with Gasteiger partial charge in [0.05, 0.1) is 14.2 Å². The molecule has 1 unspecified atom stereocenters. The van der Waals surface area contributed by atoms with E-state index in [0.29, 0.717) is 28.6 Å². The average molecular weight is 453 g/mol. The SMILES string of the molecule is COc1cc(OC)cc(C(NC(=O)c2cccc(OCC(=O)N(C)C)c2)c2nccn2C)c1. The Kier molecular flexibility index (Phi) is 7.55. The van der Waals surface area contributed by atoms with Gasteiger partial charge in [-0.3, -0.25) is 9.59 Å². The van der Waals surface area contributed by atoms with E-state index in [9.17, 15) is 9.59 Å². The Morgan fingerprint density at radius 3 is 2.33 bits per heavy atom. The fraction of sp³-hybridized carbons (Fsp3) is 0.292. The number of aryl methyl sites for hydroxylation is 1. The van der Waals surface area contributed by atoms with Crippen LogP contribution < -0.4 is 19.5 Å². The van der Waals surface area contributed by atoms with E-state index in [-0.39, 0.29) is 18.4 Å². The molecule has 0 aliphatic rings. The van der Waals surface area contributed by atoms with E-state index in [4.69, 9.17) is 14.2 Å². The van der Waals surface area contributed by atoms with E-state index in [1.54, 1.807) is 64.8 Å². The first-order valence-corrected chi connectivity index (χ1v) is 10.3. The molecule has 0 bridgehead atoms. The third-order valence-corrected chi connectivity index (χ3v) is 5.06. The molecule has 0 fully saturated rings. The molecule has 3 rings (SSSR count). The minimum Gasteiger partial charge on any atom is -0.497 e. The highest BCUT2D eigenvalue weighted by Gasteiger charge is 2.23. The molecule has 0 radical (unpaired) electrons. The molecule has 0 aliphatic carbocycles. The molecule has 2 aromatic carbocycles. The van der Waals surface area contributed by atoms with E-state index in [2.05, 4.69) is 10.3 Å². The zero-order valence-corrected chi connectivity index (χ0v) is 19.4. The van der Waals surface area contributed by atoms with Crippen LogP contribution in [0.3, 0.4) is 0 Å². The zero-order chi connectivity index (χ0) is 24.0. The Hall–Kier alpha value is -4.01. The number of hydrogen-bond donors (Lipinski definition) is 1. The van der Waals surface area contributed by atoms with Gasteiger partial charge in [0.25, 0.3) is 11.8 Å². The number of benzene rings is 2. The van der Waals surface area contributed by atoms with Gasteiger partial charge in [-0.25, -0.2) is 4.98 Å². The van der Waals surface area contributed by atoms with Crippen molar-refractivity contribution < 1.29 is 23.8 Å². The summed E-state index contributed by atoms with van der Waals surface area (Å²) in [6.07, 6.45) is 3.48. The molecule has 0 saturated carbocycles. The van der Waals surface area contributed by atoms with Gasteiger partial charge < -0.3 is 29.0 Å². The van der Waals surface area contributed by atoms with Crippen LogP contribution in [0.15, 0.2) is 54.9 Å². The quantitative estimate of drug-likeness (QED) is 0.536. The third kappa shape index (κ3) is 5.82. The first kappa shape index (κ1) is 23.6. The first-order valence-electron chi connectivity index (χ1n) is 10.3. The van der Waals surface area contributed by atoms with Gasteiger partial charge in [0.2, 0.25) is 0 Å². The second-order valence-electron chi connectivity index (χ2n) is 7.55. The highest BCUT2D eigenvalue weighted by molar-refractivity contribution is 5.95. The second-order valence-corrected chi connectivity index (χ2v) is 7.55. The van der Waals surface area contributed by atoms with E-state index >= 15 is 0 Å². The molecule has 0 aliphatic heterocycles. The van der Waals surface area contributed by atoms with Crippen LogP contribution >= 0.6 is 0 Å². The third-order valence-electron chi connectivity index (χ3n) is 5.06. The molecule has 0 spiro atoms. The average Bonchev–Trinajstić information content (AvgIpc) is 3.25. The number of nitrogens with zero attached hydrogens (tertiary/aromatic N) is 3. The fourth-order valence-electron chi connectivity index (χ4n) is 3.16. The molecule has 1 atom stereocenters. The lowest BCUT2D eigenvalue weighted by Gasteiger charge is -2.21. The summed E-state index contributed by atoms with van der Waals surface area (Å²) in [4.78, 5) is 30.9. The summed E-state index contributed by atoms with van der Waals surface area (Å²) < 4.78 is 18.2. The highest BCUT2D eigenvalue weighted by atomic mass is 16.5. The zero-order valence-electron chi connectivity index (χ0n) is 19.4. The monoisotopic (exact) mass is 452 g/mol. The van der Waals surface area contributed by atoms with Crippen molar-refractivity contribution in [2.45, 2.75) is 6.04 Å². The van der Waals surface area contributed by atoms with E-state index < -0.39 is 6.04 Å². The number of carbonyl (C=O) groups excluding carboxylic acids is 2. The maximum Gasteiger partial charge on any atom is 0.259 e. The number of methoxy groups -OCH3 is 2. The number of imidazole rings is 1. The summed E-state index contributed by atoms with van der Waals surface area (Å²) in [5, 5.41) is 3.04. The van der Waals surface area contributed by atoms with Crippen molar-refractivity contribution >= 4 is 11.8 Å². The van der Waals surface area contributed by atoms with Gasteiger partial charge in [0.1, 0.15) is 29.1 Å².